The smallest absolute Gasteiger partial charge is 0.224 e. The number of carbonyl (C=O) groups excluding carboxylic acids is 1. The maximum Gasteiger partial charge on any atom is 0.224 e. The van der Waals surface area contributed by atoms with E-state index in [-0.39, 0.29) is 23.6 Å². The van der Waals surface area contributed by atoms with Crippen molar-refractivity contribution < 1.29 is 17.9 Å². The molecule has 7 heteroatoms. The molecule has 0 radical (unpaired) electrons. The van der Waals surface area contributed by atoms with Crippen molar-refractivity contribution in [2.24, 2.45) is 5.92 Å². The van der Waals surface area contributed by atoms with E-state index in [9.17, 15) is 13.2 Å². The number of sulfonamides is 1. The van der Waals surface area contributed by atoms with Crippen molar-refractivity contribution in [3.05, 3.63) is 0 Å². The largest absolute Gasteiger partial charge is 0.383 e. The fraction of sp³-hybridized carbons (Fsp3) is 0.917. The first-order valence-corrected chi connectivity index (χ1v) is 8.28. The second-order valence-electron chi connectivity index (χ2n) is 4.96. The van der Waals surface area contributed by atoms with Crippen LogP contribution < -0.4 is 5.32 Å². The van der Waals surface area contributed by atoms with Gasteiger partial charge in [-0.1, -0.05) is 0 Å². The lowest BCUT2D eigenvalue weighted by Gasteiger charge is -2.31. The number of ether oxygens (including phenoxy) is 1. The Morgan fingerprint density at radius 1 is 1.53 bits per heavy atom. The molecule has 6 nitrogen and oxygen atoms in total. The summed E-state index contributed by atoms with van der Waals surface area (Å²) in [6, 6.07) is -0.0596. The van der Waals surface area contributed by atoms with E-state index in [0.717, 1.165) is 12.8 Å². The van der Waals surface area contributed by atoms with Crippen LogP contribution in [0, 0.1) is 5.92 Å². The second-order valence-corrected chi connectivity index (χ2v) is 7.22. The minimum atomic E-state index is -3.20. The number of carbonyl (C=O) groups is 1. The molecule has 0 aromatic carbocycles. The van der Waals surface area contributed by atoms with Crippen LogP contribution >= 0.6 is 0 Å². The summed E-state index contributed by atoms with van der Waals surface area (Å²) in [4.78, 5) is 12.1. The molecule has 2 unspecified atom stereocenters. The molecule has 1 saturated heterocycles. The highest BCUT2D eigenvalue weighted by atomic mass is 32.2. The van der Waals surface area contributed by atoms with E-state index >= 15 is 0 Å². The summed E-state index contributed by atoms with van der Waals surface area (Å²) in [6.45, 7) is 4.76. The molecule has 19 heavy (non-hydrogen) atoms. The van der Waals surface area contributed by atoms with Crippen molar-refractivity contribution in [1.29, 1.82) is 0 Å². The Hall–Kier alpha value is -0.660. The summed E-state index contributed by atoms with van der Waals surface area (Å²) in [5, 5.41) is 2.86. The molecule has 1 fully saturated rings. The first-order valence-electron chi connectivity index (χ1n) is 6.67. The Balaban J connectivity index is 2.57. The van der Waals surface area contributed by atoms with Gasteiger partial charge < -0.3 is 10.1 Å². The summed E-state index contributed by atoms with van der Waals surface area (Å²) < 4.78 is 30.0. The average Bonchev–Trinajstić information content (AvgIpc) is 2.39. The quantitative estimate of drug-likeness (QED) is 0.759. The first kappa shape index (κ1) is 16.4. The van der Waals surface area contributed by atoms with Gasteiger partial charge in [0.05, 0.1) is 18.3 Å². The van der Waals surface area contributed by atoms with Crippen LogP contribution in [0.25, 0.3) is 0 Å². The van der Waals surface area contributed by atoms with Crippen LogP contribution in [0.1, 0.15) is 26.7 Å². The Morgan fingerprint density at radius 3 is 2.79 bits per heavy atom. The van der Waals surface area contributed by atoms with E-state index in [1.54, 1.807) is 14.0 Å². The molecule has 1 rings (SSSR count). The van der Waals surface area contributed by atoms with Crippen LogP contribution in [0.5, 0.6) is 0 Å². The molecule has 0 saturated carbocycles. The lowest BCUT2D eigenvalue weighted by molar-refractivity contribution is -0.127. The van der Waals surface area contributed by atoms with Gasteiger partial charge in [-0.25, -0.2) is 12.7 Å². The zero-order chi connectivity index (χ0) is 14.5. The number of methoxy groups -OCH3 is 1. The number of hydrogen-bond donors (Lipinski definition) is 1. The Bertz CT molecular complexity index is 397. The molecule has 0 spiro atoms. The lowest BCUT2D eigenvalue weighted by atomic mass is 9.98. The molecule has 0 bridgehead atoms. The topological polar surface area (TPSA) is 75.7 Å². The zero-order valence-corrected chi connectivity index (χ0v) is 12.7. The van der Waals surface area contributed by atoms with Gasteiger partial charge >= 0.3 is 0 Å². The van der Waals surface area contributed by atoms with Gasteiger partial charge in [-0.2, -0.15) is 0 Å². The van der Waals surface area contributed by atoms with Crippen molar-refractivity contribution in [2.75, 3.05) is 32.6 Å². The number of piperidine rings is 1. The third-order valence-electron chi connectivity index (χ3n) is 3.32. The fourth-order valence-electron chi connectivity index (χ4n) is 2.24. The third-order valence-corrected chi connectivity index (χ3v) is 5.17. The van der Waals surface area contributed by atoms with Crippen LogP contribution in [-0.2, 0) is 19.6 Å². The van der Waals surface area contributed by atoms with E-state index in [1.807, 2.05) is 6.92 Å². The highest BCUT2D eigenvalue weighted by Gasteiger charge is 2.31. The molecule has 0 aliphatic carbocycles. The summed E-state index contributed by atoms with van der Waals surface area (Å²) in [5.41, 5.74) is 0. The Kier molecular flexibility index (Phi) is 6.22. The maximum absolute atomic E-state index is 12.1. The van der Waals surface area contributed by atoms with Gasteiger partial charge in [0.15, 0.2) is 0 Å². The molecule has 1 aliphatic rings. The van der Waals surface area contributed by atoms with Crippen molar-refractivity contribution in [1.82, 2.24) is 9.62 Å². The zero-order valence-electron chi connectivity index (χ0n) is 11.9. The third kappa shape index (κ3) is 4.74. The van der Waals surface area contributed by atoms with E-state index in [4.69, 9.17) is 4.74 Å². The normalized spacial score (nSPS) is 23.0. The van der Waals surface area contributed by atoms with Crippen LogP contribution in [0.3, 0.4) is 0 Å². The molecule has 1 N–H and O–H groups in total. The standard InChI is InChI=1S/C12H24N2O4S/c1-4-19(16,17)14-7-5-6-11(8-14)12(15)13-10(2)9-18-3/h10-11H,4-9H2,1-3H3,(H,13,15). The monoisotopic (exact) mass is 292 g/mol. The fourth-order valence-corrected chi connectivity index (χ4v) is 3.42. The molecule has 0 aromatic rings. The highest BCUT2D eigenvalue weighted by Crippen LogP contribution is 2.19. The van der Waals surface area contributed by atoms with Crippen molar-refractivity contribution in [3.63, 3.8) is 0 Å². The molecule has 1 aliphatic heterocycles. The number of nitrogens with one attached hydrogen (secondary N) is 1. The molecular weight excluding hydrogens is 268 g/mol. The second kappa shape index (κ2) is 7.21. The summed E-state index contributed by atoms with van der Waals surface area (Å²) in [6.07, 6.45) is 1.47. The molecule has 112 valence electrons. The van der Waals surface area contributed by atoms with Crippen molar-refractivity contribution in [3.8, 4) is 0 Å². The van der Waals surface area contributed by atoms with Gasteiger partial charge in [-0.05, 0) is 26.7 Å². The first-order chi connectivity index (χ1) is 8.90. The summed E-state index contributed by atoms with van der Waals surface area (Å²) >= 11 is 0. The molecule has 1 amide bonds. The number of nitrogens with zero attached hydrogens (tertiary/aromatic N) is 1. The summed E-state index contributed by atoms with van der Waals surface area (Å²) in [7, 11) is -1.62. The van der Waals surface area contributed by atoms with Crippen molar-refractivity contribution >= 4 is 15.9 Å². The van der Waals surface area contributed by atoms with Crippen LogP contribution in [0.2, 0.25) is 0 Å². The van der Waals surface area contributed by atoms with Crippen LogP contribution in [-0.4, -0.2) is 57.2 Å². The van der Waals surface area contributed by atoms with Gasteiger partial charge in [0.25, 0.3) is 0 Å². The SMILES string of the molecule is CCS(=O)(=O)N1CCCC(C(=O)NC(C)COC)C1. The highest BCUT2D eigenvalue weighted by molar-refractivity contribution is 7.89. The predicted octanol–water partition coefficient (Wildman–Crippen LogP) is 0.199. The maximum atomic E-state index is 12.1. The summed E-state index contributed by atoms with van der Waals surface area (Å²) in [5.74, 6) is -0.253. The number of hydrogen-bond acceptors (Lipinski definition) is 4. The molecule has 2 atom stereocenters. The number of rotatable bonds is 6. The van der Waals surface area contributed by atoms with Gasteiger partial charge in [0, 0.05) is 26.2 Å². The minimum absolute atomic E-state index is 0.0596. The molecular formula is C12H24N2O4S. The van der Waals surface area contributed by atoms with Gasteiger partial charge in [0.1, 0.15) is 0 Å². The predicted molar refractivity (Wildman–Crippen MR) is 73.2 cm³/mol. The van der Waals surface area contributed by atoms with Crippen molar-refractivity contribution in [2.45, 2.75) is 32.7 Å². The lowest BCUT2D eigenvalue weighted by Crippen LogP contribution is -2.48. The van der Waals surface area contributed by atoms with Gasteiger partial charge in [-0.15, -0.1) is 0 Å². The van der Waals surface area contributed by atoms with E-state index in [1.165, 1.54) is 4.31 Å². The Morgan fingerprint density at radius 2 is 2.21 bits per heavy atom. The van der Waals surface area contributed by atoms with Gasteiger partial charge in [-0.3, -0.25) is 4.79 Å². The Labute approximate surface area is 115 Å². The van der Waals surface area contributed by atoms with Crippen LogP contribution in [0.15, 0.2) is 0 Å². The molecule has 1 heterocycles. The average molecular weight is 292 g/mol. The van der Waals surface area contributed by atoms with E-state index in [0.29, 0.717) is 19.7 Å². The van der Waals surface area contributed by atoms with E-state index in [2.05, 4.69) is 5.32 Å². The minimum Gasteiger partial charge on any atom is -0.383 e. The van der Waals surface area contributed by atoms with Gasteiger partial charge in [0.2, 0.25) is 15.9 Å². The van der Waals surface area contributed by atoms with E-state index < -0.39 is 10.0 Å². The van der Waals surface area contributed by atoms with Crippen LogP contribution in [0.4, 0.5) is 0 Å². The molecule has 0 aromatic heterocycles. The number of amides is 1.